The molecule has 23 heavy (non-hydrogen) atoms. The molecule has 5 heteroatoms. The number of nitrogens with zero attached hydrogens (tertiary/aromatic N) is 3. The standard InChI is InChI=1S/C18H35N3O2/c1-10-13-15(21(9)16(22)23-17(4,5)6)18(7,11-2)20(8)14-19-12-3/h13-14H,10-12H2,1-9H3/b15-13+,19-14?. The Kier molecular flexibility index (Phi) is 8.35. The lowest BCUT2D eigenvalue weighted by Crippen LogP contribution is -2.50. The van der Waals surface area contributed by atoms with E-state index in [0.717, 1.165) is 25.1 Å². The Hall–Kier alpha value is -1.52. The molecule has 0 rings (SSSR count). The zero-order valence-electron chi connectivity index (χ0n) is 16.4. The molecule has 0 spiro atoms. The number of rotatable bonds is 7. The van der Waals surface area contributed by atoms with Gasteiger partial charge in [-0.15, -0.1) is 0 Å². The number of ether oxygens (including phenoxy) is 1. The molecule has 0 aromatic rings. The average molecular weight is 325 g/mol. The third-order valence-electron chi connectivity index (χ3n) is 3.88. The molecule has 1 unspecified atom stereocenters. The summed E-state index contributed by atoms with van der Waals surface area (Å²) in [5.74, 6) is 0. The van der Waals surface area contributed by atoms with E-state index in [1.807, 2.05) is 41.1 Å². The van der Waals surface area contributed by atoms with Crippen molar-refractivity contribution in [3.63, 3.8) is 0 Å². The Labute approximate surface area is 142 Å². The van der Waals surface area contributed by atoms with E-state index < -0.39 is 5.60 Å². The lowest BCUT2D eigenvalue weighted by atomic mass is 9.91. The van der Waals surface area contributed by atoms with Crippen molar-refractivity contribution in [3.8, 4) is 0 Å². The highest BCUT2D eigenvalue weighted by Gasteiger charge is 2.36. The zero-order valence-corrected chi connectivity index (χ0v) is 16.4. The van der Waals surface area contributed by atoms with Crippen LogP contribution in [0.3, 0.4) is 0 Å². The topological polar surface area (TPSA) is 45.1 Å². The van der Waals surface area contributed by atoms with E-state index in [0.29, 0.717) is 0 Å². The number of likely N-dealkylation sites (N-methyl/N-ethyl adjacent to an activating group) is 2. The van der Waals surface area contributed by atoms with Gasteiger partial charge < -0.3 is 9.64 Å². The molecule has 0 aliphatic carbocycles. The largest absolute Gasteiger partial charge is 0.443 e. The van der Waals surface area contributed by atoms with Gasteiger partial charge in [-0.2, -0.15) is 0 Å². The number of hydrogen-bond donors (Lipinski definition) is 0. The van der Waals surface area contributed by atoms with Crippen LogP contribution in [0, 0.1) is 0 Å². The fraction of sp³-hybridized carbons (Fsp3) is 0.778. The number of aliphatic imine (C=N–C) groups is 1. The van der Waals surface area contributed by atoms with Crippen molar-refractivity contribution in [1.29, 1.82) is 0 Å². The van der Waals surface area contributed by atoms with Crippen molar-refractivity contribution in [1.82, 2.24) is 9.80 Å². The first-order valence-electron chi connectivity index (χ1n) is 8.43. The van der Waals surface area contributed by atoms with Crippen LogP contribution in [-0.4, -0.2) is 54.0 Å². The lowest BCUT2D eigenvalue weighted by molar-refractivity contribution is 0.0307. The highest BCUT2D eigenvalue weighted by atomic mass is 16.6. The van der Waals surface area contributed by atoms with E-state index in [9.17, 15) is 4.79 Å². The van der Waals surface area contributed by atoms with Crippen molar-refractivity contribution in [2.75, 3.05) is 20.6 Å². The maximum Gasteiger partial charge on any atom is 0.414 e. The highest BCUT2D eigenvalue weighted by molar-refractivity contribution is 5.71. The second kappa shape index (κ2) is 8.94. The van der Waals surface area contributed by atoms with Gasteiger partial charge in [-0.3, -0.25) is 9.89 Å². The number of hydrogen-bond acceptors (Lipinski definition) is 3. The molecule has 0 aliphatic rings. The van der Waals surface area contributed by atoms with Crippen molar-refractivity contribution < 1.29 is 9.53 Å². The molecule has 1 atom stereocenters. The molecule has 0 aliphatic heterocycles. The summed E-state index contributed by atoms with van der Waals surface area (Å²) in [5.41, 5.74) is 0.0862. The molecule has 0 aromatic carbocycles. The molecule has 134 valence electrons. The maximum atomic E-state index is 12.5. The summed E-state index contributed by atoms with van der Waals surface area (Å²) in [4.78, 5) is 20.5. The van der Waals surface area contributed by atoms with Crippen LogP contribution in [0.2, 0.25) is 0 Å². The Morgan fingerprint density at radius 1 is 1.13 bits per heavy atom. The normalized spacial score (nSPS) is 15.4. The van der Waals surface area contributed by atoms with Crippen LogP contribution in [0.15, 0.2) is 16.8 Å². The molecule has 0 fully saturated rings. The predicted molar refractivity (Wildman–Crippen MR) is 97.9 cm³/mol. The SMILES string of the molecule is CC/C=C(/N(C)C(=O)OC(C)(C)C)C(C)(CC)N(C)C=NCC. The van der Waals surface area contributed by atoms with Gasteiger partial charge in [0, 0.05) is 26.3 Å². The van der Waals surface area contributed by atoms with Crippen LogP contribution in [0.1, 0.15) is 61.3 Å². The summed E-state index contributed by atoms with van der Waals surface area (Å²) in [6, 6.07) is 0. The van der Waals surface area contributed by atoms with Crippen molar-refractivity contribution >= 4 is 12.4 Å². The highest BCUT2D eigenvalue weighted by Crippen LogP contribution is 2.30. The third kappa shape index (κ3) is 6.24. The smallest absolute Gasteiger partial charge is 0.414 e. The fourth-order valence-electron chi connectivity index (χ4n) is 2.28. The second-order valence-electron chi connectivity index (χ2n) is 6.89. The minimum Gasteiger partial charge on any atom is -0.443 e. The molecule has 5 nitrogen and oxygen atoms in total. The number of amides is 1. The minimum absolute atomic E-state index is 0.333. The van der Waals surface area contributed by atoms with Gasteiger partial charge in [0.1, 0.15) is 5.60 Å². The van der Waals surface area contributed by atoms with Gasteiger partial charge in [0.25, 0.3) is 0 Å². The van der Waals surface area contributed by atoms with Gasteiger partial charge in [0.05, 0.1) is 11.9 Å². The summed E-state index contributed by atoms with van der Waals surface area (Å²) >= 11 is 0. The van der Waals surface area contributed by atoms with Crippen molar-refractivity contribution in [2.45, 2.75) is 72.4 Å². The summed E-state index contributed by atoms with van der Waals surface area (Å²) < 4.78 is 5.52. The van der Waals surface area contributed by atoms with Gasteiger partial charge >= 0.3 is 6.09 Å². The van der Waals surface area contributed by atoms with Crippen LogP contribution >= 0.6 is 0 Å². The molecule has 0 heterocycles. The van der Waals surface area contributed by atoms with Crippen LogP contribution < -0.4 is 0 Å². The molecule has 1 amide bonds. The molecule has 0 saturated carbocycles. The zero-order chi connectivity index (χ0) is 18.3. The molecular formula is C18H35N3O2. The Balaban J connectivity index is 5.62. The van der Waals surface area contributed by atoms with E-state index in [-0.39, 0.29) is 11.6 Å². The quantitative estimate of drug-likeness (QED) is 0.518. The van der Waals surface area contributed by atoms with E-state index in [2.05, 4.69) is 36.7 Å². The van der Waals surface area contributed by atoms with Crippen LogP contribution in [-0.2, 0) is 4.74 Å². The summed E-state index contributed by atoms with van der Waals surface area (Å²) in [5, 5.41) is 0. The van der Waals surface area contributed by atoms with Crippen LogP contribution in [0.4, 0.5) is 4.79 Å². The number of carbonyl (C=O) groups is 1. The second-order valence-corrected chi connectivity index (χ2v) is 6.89. The van der Waals surface area contributed by atoms with Crippen molar-refractivity contribution in [3.05, 3.63) is 11.8 Å². The van der Waals surface area contributed by atoms with Crippen LogP contribution in [0.25, 0.3) is 0 Å². The van der Waals surface area contributed by atoms with E-state index in [1.54, 1.807) is 11.9 Å². The fourth-order valence-corrected chi connectivity index (χ4v) is 2.28. The Morgan fingerprint density at radius 3 is 2.09 bits per heavy atom. The predicted octanol–water partition coefficient (Wildman–Crippen LogP) is 4.30. The third-order valence-corrected chi connectivity index (χ3v) is 3.88. The molecule has 0 aromatic heterocycles. The summed E-state index contributed by atoms with van der Waals surface area (Å²) in [6.45, 7) is 14.7. The van der Waals surface area contributed by atoms with Gasteiger partial charge in [-0.05, 0) is 47.5 Å². The lowest BCUT2D eigenvalue weighted by Gasteiger charge is -2.42. The minimum atomic E-state index is -0.513. The Bertz CT molecular complexity index is 438. The molecule has 0 N–H and O–H groups in total. The van der Waals surface area contributed by atoms with Crippen molar-refractivity contribution in [2.24, 2.45) is 4.99 Å². The molecule has 0 bridgehead atoms. The summed E-state index contributed by atoms with van der Waals surface area (Å²) in [6.07, 6.45) is 5.28. The van der Waals surface area contributed by atoms with E-state index in [1.165, 1.54) is 0 Å². The first kappa shape index (κ1) is 21.5. The molecular weight excluding hydrogens is 290 g/mol. The molecule has 0 radical (unpaired) electrons. The first-order chi connectivity index (χ1) is 10.5. The summed E-state index contributed by atoms with van der Waals surface area (Å²) in [7, 11) is 3.77. The van der Waals surface area contributed by atoms with Gasteiger partial charge in [0.15, 0.2) is 0 Å². The van der Waals surface area contributed by atoms with Crippen LogP contribution in [0.5, 0.6) is 0 Å². The van der Waals surface area contributed by atoms with Gasteiger partial charge in [0.2, 0.25) is 0 Å². The first-order valence-corrected chi connectivity index (χ1v) is 8.43. The number of allylic oxidation sites excluding steroid dienone is 1. The Morgan fingerprint density at radius 2 is 1.70 bits per heavy atom. The monoisotopic (exact) mass is 325 g/mol. The average Bonchev–Trinajstić information content (AvgIpc) is 2.46. The maximum absolute atomic E-state index is 12.5. The van der Waals surface area contributed by atoms with E-state index in [4.69, 9.17) is 4.74 Å². The van der Waals surface area contributed by atoms with E-state index >= 15 is 0 Å². The van der Waals surface area contributed by atoms with Gasteiger partial charge in [-0.25, -0.2) is 4.79 Å². The molecule has 0 saturated heterocycles. The van der Waals surface area contributed by atoms with Gasteiger partial charge in [-0.1, -0.05) is 19.9 Å². The number of carbonyl (C=O) groups excluding carboxylic acids is 1.